The molecule has 0 aliphatic rings. The SMILES string of the molecule is CC(CC#N)OCc1cccc(OCCF)c1. The Labute approximate surface area is 101 Å². The Morgan fingerprint density at radius 3 is 3.00 bits per heavy atom. The van der Waals surface area contributed by atoms with Gasteiger partial charge in [-0.25, -0.2) is 4.39 Å². The molecule has 0 saturated carbocycles. The average Bonchev–Trinajstić information content (AvgIpc) is 2.35. The van der Waals surface area contributed by atoms with Gasteiger partial charge in [-0.05, 0) is 24.6 Å². The Hall–Kier alpha value is -1.60. The van der Waals surface area contributed by atoms with Gasteiger partial charge >= 0.3 is 0 Å². The lowest BCUT2D eigenvalue weighted by atomic mass is 10.2. The summed E-state index contributed by atoms with van der Waals surface area (Å²) in [5.74, 6) is 0.636. The van der Waals surface area contributed by atoms with Gasteiger partial charge in [0.15, 0.2) is 0 Å². The van der Waals surface area contributed by atoms with Crippen LogP contribution in [0.1, 0.15) is 18.9 Å². The van der Waals surface area contributed by atoms with Gasteiger partial charge in [0, 0.05) is 0 Å². The molecule has 4 heteroatoms. The molecule has 17 heavy (non-hydrogen) atoms. The molecule has 0 spiro atoms. The van der Waals surface area contributed by atoms with Gasteiger partial charge in [0.2, 0.25) is 0 Å². The van der Waals surface area contributed by atoms with Gasteiger partial charge in [-0.15, -0.1) is 0 Å². The van der Waals surface area contributed by atoms with E-state index in [1.807, 2.05) is 25.1 Å². The van der Waals surface area contributed by atoms with Crippen molar-refractivity contribution in [1.82, 2.24) is 0 Å². The number of benzene rings is 1. The first-order valence-corrected chi connectivity index (χ1v) is 5.52. The van der Waals surface area contributed by atoms with E-state index in [4.69, 9.17) is 14.7 Å². The predicted molar refractivity (Wildman–Crippen MR) is 62.4 cm³/mol. The van der Waals surface area contributed by atoms with Crippen molar-refractivity contribution in [3.8, 4) is 11.8 Å². The van der Waals surface area contributed by atoms with Crippen molar-refractivity contribution in [1.29, 1.82) is 5.26 Å². The standard InChI is InChI=1S/C13H16FNO2/c1-11(5-7-15)17-10-12-3-2-4-13(9-12)16-8-6-14/h2-4,9,11H,5-6,8,10H2,1H3. The maximum absolute atomic E-state index is 11.9. The second kappa shape index (κ2) is 7.64. The van der Waals surface area contributed by atoms with Gasteiger partial charge in [0.05, 0.1) is 25.2 Å². The Morgan fingerprint density at radius 2 is 2.29 bits per heavy atom. The molecule has 0 fully saturated rings. The topological polar surface area (TPSA) is 42.2 Å². The first-order valence-electron chi connectivity index (χ1n) is 5.52. The molecule has 0 aromatic heterocycles. The minimum Gasteiger partial charge on any atom is -0.491 e. The second-order valence-corrected chi connectivity index (χ2v) is 3.67. The predicted octanol–water partition coefficient (Wildman–Crippen LogP) is 2.85. The molecule has 1 aromatic carbocycles. The average molecular weight is 237 g/mol. The molecule has 0 aliphatic heterocycles. The van der Waals surface area contributed by atoms with E-state index >= 15 is 0 Å². The van der Waals surface area contributed by atoms with Gasteiger partial charge in [-0.2, -0.15) is 5.26 Å². The van der Waals surface area contributed by atoms with Gasteiger partial charge in [-0.1, -0.05) is 12.1 Å². The van der Waals surface area contributed by atoms with Crippen molar-refractivity contribution in [2.75, 3.05) is 13.3 Å². The van der Waals surface area contributed by atoms with Crippen LogP contribution in [-0.4, -0.2) is 19.4 Å². The number of halogens is 1. The molecule has 0 amide bonds. The number of nitriles is 1. The maximum atomic E-state index is 11.9. The van der Waals surface area contributed by atoms with E-state index in [-0.39, 0.29) is 12.7 Å². The minimum absolute atomic E-state index is 0.0646. The second-order valence-electron chi connectivity index (χ2n) is 3.67. The lowest BCUT2D eigenvalue weighted by Gasteiger charge is -2.10. The largest absolute Gasteiger partial charge is 0.491 e. The van der Waals surface area contributed by atoms with Gasteiger partial charge in [-0.3, -0.25) is 0 Å². The summed E-state index contributed by atoms with van der Waals surface area (Å²) in [6.07, 6.45) is 0.285. The lowest BCUT2D eigenvalue weighted by Crippen LogP contribution is -2.07. The van der Waals surface area contributed by atoms with Crippen LogP contribution in [0.3, 0.4) is 0 Å². The molecule has 0 N–H and O–H groups in total. The molecule has 3 nitrogen and oxygen atoms in total. The van der Waals surface area contributed by atoms with E-state index in [1.54, 1.807) is 6.07 Å². The molecule has 0 radical (unpaired) electrons. The summed E-state index contributed by atoms with van der Waals surface area (Å²) in [7, 11) is 0. The molecule has 1 rings (SSSR count). The number of ether oxygens (including phenoxy) is 2. The van der Waals surface area contributed by atoms with E-state index < -0.39 is 6.67 Å². The van der Waals surface area contributed by atoms with Crippen molar-refractivity contribution in [3.63, 3.8) is 0 Å². The molecular weight excluding hydrogens is 221 g/mol. The molecule has 0 saturated heterocycles. The fraction of sp³-hybridized carbons (Fsp3) is 0.462. The maximum Gasteiger partial charge on any atom is 0.123 e. The summed E-state index contributed by atoms with van der Waals surface area (Å²) in [5.41, 5.74) is 0.950. The Balaban J connectivity index is 2.45. The van der Waals surface area contributed by atoms with Crippen LogP contribution in [0.15, 0.2) is 24.3 Å². The Kier molecular flexibility index (Phi) is 6.05. The van der Waals surface area contributed by atoms with Crippen LogP contribution >= 0.6 is 0 Å². The fourth-order valence-corrected chi connectivity index (χ4v) is 1.31. The third kappa shape index (κ3) is 5.32. The number of alkyl halides is 1. The third-order valence-corrected chi connectivity index (χ3v) is 2.16. The number of hydrogen-bond acceptors (Lipinski definition) is 3. The molecule has 0 bridgehead atoms. The van der Waals surface area contributed by atoms with E-state index in [2.05, 4.69) is 6.07 Å². The van der Waals surface area contributed by atoms with E-state index in [1.165, 1.54) is 0 Å². The van der Waals surface area contributed by atoms with E-state index in [0.29, 0.717) is 18.8 Å². The summed E-state index contributed by atoms with van der Waals surface area (Å²) >= 11 is 0. The highest BCUT2D eigenvalue weighted by Gasteiger charge is 2.02. The highest BCUT2D eigenvalue weighted by atomic mass is 19.1. The number of nitrogens with zero attached hydrogens (tertiary/aromatic N) is 1. The van der Waals surface area contributed by atoms with Crippen LogP contribution < -0.4 is 4.74 Å². The van der Waals surface area contributed by atoms with Crippen LogP contribution in [0.4, 0.5) is 4.39 Å². The lowest BCUT2D eigenvalue weighted by molar-refractivity contribution is 0.0562. The Bertz CT molecular complexity index is 376. The monoisotopic (exact) mass is 237 g/mol. The van der Waals surface area contributed by atoms with Crippen LogP contribution in [0, 0.1) is 11.3 Å². The van der Waals surface area contributed by atoms with E-state index in [9.17, 15) is 4.39 Å². The zero-order chi connectivity index (χ0) is 12.5. The normalized spacial score (nSPS) is 11.8. The molecule has 1 atom stereocenters. The van der Waals surface area contributed by atoms with Crippen molar-refractivity contribution in [2.24, 2.45) is 0 Å². The van der Waals surface area contributed by atoms with E-state index in [0.717, 1.165) is 5.56 Å². The van der Waals surface area contributed by atoms with Gasteiger partial charge in [0.25, 0.3) is 0 Å². The van der Waals surface area contributed by atoms with Gasteiger partial charge in [0.1, 0.15) is 19.0 Å². The van der Waals surface area contributed by atoms with Crippen LogP contribution in [-0.2, 0) is 11.3 Å². The van der Waals surface area contributed by atoms with Crippen molar-refractivity contribution >= 4 is 0 Å². The fourth-order valence-electron chi connectivity index (χ4n) is 1.31. The van der Waals surface area contributed by atoms with Gasteiger partial charge < -0.3 is 9.47 Å². The highest BCUT2D eigenvalue weighted by Crippen LogP contribution is 2.15. The summed E-state index contributed by atoms with van der Waals surface area (Å²) in [6.45, 7) is 1.84. The molecule has 1 aromatic rings. The van der Waals surface area contributed by atoms with Crippen molar-refractivity contribution < 1.29 is 13.9 Å². The zero-order valence-corrected chi connectivity index (χ0v) is 9.86. The smallest absolute Gasteiger partial charge is 0.123 e. The molecule has 0 heterocycles. The number of hydrogen-bond donors (Lipinski definition) is 0. The third-order valence-electron chi connectivity index (χ3n) is 2.16. The Morgan fingerprint density at radius 1 is 1.47 bits per heavy atom. The number of rotatable bonds is 7. The van der Waals surface area contributed by atoms with Crippen molar-refractivity contribution in [3.05, 3.63) is 29.8 Å². The summed E-state index contributed by atoms with van der Waals surface area (Å²) in [4.78, 5) is 0. The molecule has 92 valence electrons. The summed E-state index contributed by atoms with van der Waals surface area (Å²) in [5, 5.41) is 8.49. The van der Waals surface area contributed by atoms with Crippen LogP contribution in [0.5, 0.6) is 5.75 Å². The molecular formula is C13H16FNO2. The molecule has 1 unspecified atom stereocenters. The highest BCUT2D eigenvalue weighted by molar-refractivity contribution is 5.28. The minimum atomic E-state index is -0.500. The van der Waals surface area contributed by atoms with Crippen LogP contribution in [0.25, 0.3) is 0 Å². The van der Waals surface area contributed by atoms with Crippen molar-refractivity contribution in [2.45, 2.75) is 26.1 Å². The molecule has 0 aliphatic carbocycles. The summed E-state index contributed by atoms with van der Waals surface area (Å²) < 4.78 is 22.6. The quantitative estimate of drug-likeness (QED) is 0.732. The first-order chi connectivity index (χ1) is 8.26. The zero-order valence-electron chi connectivity index (χ0n) is 9.86. The first kappa shape index (κ1) is 13.5. The van der Waals surface area contributed by atoms with Crippen LogP contribution in [0.2, 0.25) is 0 Å². The summed E-state index contributed by atoms with van der Waals surface area (Å²) in [6, 6.07) is 9.38.